The molecule has 3 saturated heterocycles. The van der Waals surface area contributed by atoms with Crippen molar-refractivity contribution < 1.29 is 29.0 Å². The number of nitrogens with one attached hydrogen (secondary N) is 1. The van der Waals surface area contributed by atoms with Crippen LogP contribution in [-0.2, 0) is 19.1 Å². The minimum Gasteiger partial charge on any atom is -0.388 e. The first-order chi connectivity index (χ1) is 20.1. The van der Waals surface area contributed by atoms with E-state index in [1.807, 2.05) is 38.3 Å². The molecule has 3 fully saturated rings. The molecule has 0 saturated carbocycles. The molecule has 11 nitrogen and oxygen atoms in total. The second-order valence-electron chi connectivity index (χ2n) is 11.9. The summed E-state index contributed by atoms with van der Waals surface area (Å²) in [7, 11) is 1.73. The molecule has 3 aliphatic heterocycles. The number of aromatic nitrogens is 1. The van der Waals surface area contributed by atoms with E-state index < -0.39 is 29.7 Å². The SMILES string of the molecule is CCC(C)(C)C(NC(=O)c1ccc(-c2csc(N3CCN(CCOC)CC3)n2)cc1)C(=O)N1C[C@H](O)[C@H]2OCC(=O)[C@H]21. The molecule has 4 heterocycles. The normalized spacial score (nSPS) is 23.7. The van der Waals surface area contributed by atoms with Crippen molar-refractivity contribution in [3.05, 3.63) is 35.2 Å². The van der Waals surface area contributed by atoms with Crippen LogP contribution in [0, 0.1) is 5.41 Å². The molecule has 42 heavy (non-hydrogen) atoms. The fourth-order valence-corrected chi connectivity index (χ4v) is 6.64. The van der Waals surface area contributed by atoms with Gasteiger partial charge in [-0.05, 0) is 24.0 Å². The molecule has 2 aromatic rings. The van der Waals surface area contributed by atoms with E-state index in [4.69, 9.17) is 14.5 Å². The Morgan fingerprint density at radius 1 is 1.21 bits per heavy atom. The third-order valence-electron chi connectivity index (χ3n) is 8.85. The number of methoxy groups -OCH3 is 1. The second kappa shape index (κ2) is 12.8. The number of carbonyl (C=O) groups excluding carboxylic acids is 3. The number of ether oxygens (including phenoxy) is 2. The smallest absolute Gasteiger partial charge is 0.251 e. The molecule has 1 aromatic heterocycles. The van der Waals surface area contributed by atoms with Crippen molar-refractivity contribution in [2.24, 2.45) is 5.41 Å². The van der Waals surface area contributed by atoms with Crippen molar-refractivity contribution in [1.29, 1.82) is 0 Å². The lowest BCUT2D eigenvalue weighted by Gasteiger charge is -2.36. The van der Waals surface area contributed by atoms with Crippen LogP contribution in [0.3, 0.4) is 0 Å². The fraction of sp³-hybridized carbons (Fsp3) is 0.600. The van der Waals surface area contributed by atoms with Gasteiger partial charge in [-0.25, -0.2) is 4.98 Å². The number of ketones is 1. The Balaban J connectivity index is 1.25. The molecule has 1 unspecified atom stereocenters. The predicted octanol–water partition coefficient (Wildman–Crippen LogP) is 1.65. The number of fused-ring (bicyclic) bond motifs is 1. The van der Waals surface area contributed by atoms with E-state index in [-0.39, 0.29) is 30.7 Å². The average Bonchev–Trinajstić information content (AvgIpc) is 3.72. The minimum atomic E-state index is -0.934. The number of hydrogen-bond acceptors (Lipinski definition) is 10. The van der Waals surface area contributed by atoms with E-state index >= 15 is 0 Å². The van der Waals surface area contributed by atoms with Crippen LogP contribution in [0.5, 0.6) is 0 Å². The van der Waals surface area contributed by atoms with Gasteiger partial charge in [0.2, 0.25) is 5.91 Å². The highest BCUT2D eigenvalue weighted by atomic mass is 32.1. The Labute approximate surface area is 250 Å². The lowest BCUT2D eigenvalue weighted by Crippen LogP contribution is -2.57. The van der Waals surface area contributed by atoms with Gasteiger partial charge in [-0.2, -0.15) is 0 Å². The minimum absolute atomic E-state index is 0.0000997. The Hall–Kier alpha value is -2.90. The number of amides is 2. The first kappa shape index (κ1) is 30.6. The molecule has 3 aliphatic rings. The number of piperazine rings is 1. The van der Waals surface area contributed by atoms with E-state index in [2.05, 4.69) is 15.1 Å². The van der Waals surface area contributed by atoms with Crippen molar-refractivity contribution in [2.75, 3.05) is 64.5 Å². The first-order valence-electron chi connectivity index (χ1n) is 14.6. The van der Waals surface area contributed by atoms with Crippen LogP contribution < -0.4 is 10.2 Å². The topological polar surface area (TPSA) is 125 Å². The van der Waals surface area contributed by atoms with E-state index in [9.17, 15) is 19.5 Å². The summed E-state index contributed by atoms with van der Waals surface area (Å²) in [5.41, 5.74) is 1.59. The summed E-state index contributed by atoms with van der Waals surface area (Å²) < 4.78 is 10.6. The van der Waals surface area contributed by atoms with Crippen LogP contribution in [0.25, 0.3) is 11.3 Å². The van der Waals surface area contributed by atoms with Gasteiger partial charge in [-0.1, -0.05) is 32.9 Å². The maximum absolute atomic E-state index is 13.8. The summed E-state index contributed by atoms with van der Waals surface area (Å²) in [6, 6.07) is 5.51. The van der Waals surface area contributed by atoms with Gasteiger partial charge in [-0.15, -0.1) is 11.3 Å². The number of carbonyl (C=O) groups is 3. The van der Waals surface area contributed by atoms with E-state index in [1.54, 1.807) is 30.6 Å². The molecule has 5 rings (SSSR count). The summed E-state index contributed by atoms with van der Waals surface area (Å²) in [6.45, 7) is 11.1. The summed E-state index contributed by atoms with van der Waals surface area (Å²) in [5, 5.41) is 16.4. The van der Waals surface area contributed by atoms with E-state index in [1.165, 1.54) is 4.90 Å². The van der Waals surface area contributed by atoms with Gasteiger partial charge >= 0.3 is 0 Å². The van der Waals surface area contributed by atoms with Gasteiger partial charge in [-0.3, -0.25) is 19.3 Å². The zero-order valence-electron chi connectivity index (χ0n) is 24.7. The highest BCUT2D eigenvalue weighted by Crippen LogP contribution is 2.33. The highest BCUT2D eigenvalue weighted by molar-refractivity contribution is 7.14. The fourth-order valence-electron chi connectivity index (χ4n) is 5.75. The summed E-state index contributed by atoms with van der Waals surface area (Å²) in [4.78, 5) is 50.5. The van der Waals surface area contributed by atoms with Crippen LogP contribution in [0.4, 0.5) is 5.13 Å². The quantitative estimate of drug-likeness (QED) is 0.420. The lowest BCUT2D eigenvalue weighted by atomic mass is 9.80. The molecule has 0 radical (unpaired) electrons. The van der Waals surface area contributed by atoms with Gasteiger partial charge in [0, 0.05) is 56.3 Å². The van der Waals surface area contributed by atoms with Crippen LogP contribution in [0.1, 0.15) is 37.6 Å². The Morgan fingerprint density at radius 2 is 1.93 bits per heavy atom. The van der Waals surface area contributed by atoms with Crippen LogP contribution in [0.15, 0.2) is 29.6 Å². The standard InChI is InChI=1S/C30H41N5O6S/c1-5-30(2,3)26(28(39)35-16-22(36)25-24(35)23(37)17-41-25)32-27(38)20-8-6-19(7-9-20)21-18-42-29(31-21)34-12-10-33(11-13-34)14-15-40-4/h6-9,18,22,24-26,36H,5,10-17H2,1-4H3,(H,32,38)/t22-,24+,25+,26?/m0/s1. The highest BCUT2D eigenvalue weighted by Gasteiger charge is 2.54. The summed E-state index contributed by atoms with van der Waals surface area (Å²) >= 11 is 1.62. The van der Waals surface area contributed by atoms with Crippen LogP contribution in [-0.4, -0.2) is 121 Å². The maximum Gasteiger partial charge on any atom is 0.251 e. The second-order valence-corrected chi connectivity index (χ2v) is 12.7. The number of anilines is 1. The largest absolute Gasteiger partial charge is 0.388 e. The molecule has 4 atom stereocenters. The van der Waals surface area contributed by atoms with Gasteiger partial charge in [0.05, 0.1) is 18.8 Å². The molecule has 2 N–H and O–H groups in total. The number of hydrogen-bond donors (Lipinski definition) is 2. The number of likely N-dealkylation sites (tertiary alicyclic amines) is 1. The van der Waals surface area contributed by atoms with Crippen molar-refractivity contribution in [1.82, 2.24) is 20.1 Å². The Kier molecular flexibility index (Phi) is 9.28. The van der Waals surface area contributed by atoms with Crippen LogP contribution >= 0.6 is 11.3 Å². The van der Waals surface area contributed by atoms with Crippen LogP contribution in [0.2, 0.25) is 0 Å². The molecule has 2 amide bonds. The number of β-amino-alcohol motifs (C(OH)–C–C–N with tert-alkyl or cyclic N) is 1. The zero-order valence-corrected chi connectivity index (χ0v) is 25.6. The monoisotopic (exact) mass is 599 g/mol. The molecule has 0 aliphatic carbocycles. The van der Waals surface area contributed by atoms with Gasteiger partial charge < -0.3 is 29.7 Å². The third-order valence-corrected chi connectivity index (χ3v) is 9.75. The third kappa shape index (κ3) is 6.23. The molecule has 1 aromatic carbocycles. The lowest BCUT2D eigenvalue weighted by molar-refractivity contribution is -0.140. The van der Waals surface area contributed by atoms with E-state index in [0.29, 0.717) is 12.0 Å². The van der Waals surface area contributed by atoms with Gasteiger partial charge in [0.1, 0.15) is 30.9 Å². The molecule has 0 spiro atoms. The van der Waals surface area contributed by atoms with Gasteiger partial charge in [0.15, 0.2) is 10.9 Å². The zero-order chi connectivity index (χ0) is 30.0. The summed E-state index contributed by atoms with van der Waals surface area (Å²) in [6.07, 6.45) is -1.03. The Morgan fingerprint density at radius 3 is 2.60 bits per heavy atom. The maximum atomic E-state index is 13.8. The molecule has 12 heteroatoms. The summed E-state index contributed by atoms with van der Waals surface area (Å²) in [5.74, 6) is -0.988. The number of benzene rings is 1. The molecule has 0 bridgehead atoms. The number of aliphatic hydroxyl groups excluding tert-OH is 1. The van der Waals surface area contributed by atoms with Crippen molar-refractivity contribution in [2.45, 2.75) is 51.5 Å². The first-order valence-corrected chi connectivity index (χ1v) is 15.5. The number of rotatable bonds is 10. The van der Waals surface area contributed by atoms with E-state index in [0.717, 1.165) is 55.7 Å². The van der Waals surface area contributed by atoms with Crippen molar-refractivity contribution >= 4 is 34.1 Å². The predicted molar refractivity (Wildman–Crippen MR) is 160 cm³/mol. The average molecular weight is 600 g/mol. The number of thiazole rings is 1. The van der Waals surface area contributed by atoms with Crippen molar-refractivity contribution in [3.8, 4) is 11.3 Å². The van der Waals surface area contributed by atoms with Gasteiger partial charge in [0.25, 0.3) is 5.91 Å². The number of nitrogens with zero attached hydrogens (tertiary/aromatic N) is 4. The molecular formula is C30H41N5O6S. The molecular weight excluding hydrogens is 558 g/mol. The number of Topliss-reactive ketones (excluding diaryl/α,β-unsaturated/α-hetero) is 1. The van der Waals surface area contributed by atoms with Crippen molar-refractivity contribution in [3.63, 3.8) is 0 Å². The Bertz CT molecular complexity index is 1280. The number of aliphatic hydroxyl groups is 1. The molecule has 228 valence electrons.